The Bertz CT molecular complexity index is 1260. The third-order valence-electron chi connectivity index (χ3n) is 5.41. The molecule has 134 valence electrons. The summed E-state index contributed by atoms with van der Waals surface area (Å²) in [6.45, 7) is 0.557. The summed E-state index contributed by atoms with van der Waals surface area (Å²) >= 11 is 0. The van der Waals surface area contributed by atoms with Crippen molar-refractivity contribution >= 4 is 33.5 Å². The number of aliphatic imine (C=N–C) groups is 2. The largest absolute Gasteiger partial charge is 0.498 e. The molecule has 4 aromatic rings. The molecule has 0 aliphatic carbocycles. The number of hydrogen-bond donors (Lipinski definition) is 0. The highest BCUT2D eigenvalue weighted by Crippen LogP contribution is 2.31. The van der Waals surface area contributed by atoms with E-state index in [1.54, 1.807) is 0 Å². The third kappa shape index (κ3) is 2.18. The number of para-hydroxylation sites is 2. The van der Waals surface area contributed by atoms with Gasteiger partial charge in [0.05, 0.1) is 23.0 Å². The molecule has 0 saturated carbocycles. The predicted molar refractivity (Wildman–Crippen MR) is 113 cm³/mol. The first kappa shape index (κ1) is 15.4. The van der Waals surface area contributed by atoms with Gasteiger partial charge in [0, 0.05) is 21.9 Å². The van der Waals surface area contributed by atoms with Crippen LogP contribution in [0.4, 0.5) is 0 Å². The van der Waals surface area contributed by atoms with Gasteiger partial charge in [-0.3, -0.25) is 4.57 Å². The number of rotatable bonds is 1. The van der Waals surface area contributed by atoms with Crippen LogP contribution in [0.1, 0.15) is 5.56 Å². The van der Waals surface area contributed by atoms with E-state index in [9.17, 15) is 0 Å². The standard InChI is InChI=1S/C24H17N3O/c1-2-8-16(9-3-1)23-19-14-28-15-20(19)25-24(26-23)27-21-12-6-4-10-17(21)18-11-5-7-13-22(18)27/h1-14,20H,15H2. The van der Waals surface area contributed by atoms with Crippen LogP contribution >= 0.6 is 0 Å². The summed E-state index contributed by atoms with van der Waals surface area (Å²) in [4.78, 5) is 9.98. The highest BCUT2D eigenvalue weighted by molar-refractivity contribution is 6.22. The van der Waals surface area contributed by atoms with Gasteiger partial charge in [-0.05, 0) is 12.1 Å². The lowest BCUT2D eigenvalue weighted by Crippen LogP contribution is -2.27. The quantitative estimate of drug-likeness (QED) is 0.479. The average Bonchev–Trinajstić information content (AvgIpc) is 3.36. The zero-order chi connectivity index (χ0) is 18.5. The molecule has 3 heterocycles. The number of nitrogens with zero attached hydrogens (tertiary/aromatic N) is 3. The molecule has 1 aromatic heterocycles. The molecular weight excluding hydrogens is 346 g/mol. The highest BCUT2D eigenvalue weighted by atomic mass is 16.5. The van der Waals surface area contributed by atoms with Gasteiger partial charge >= 0.3 is 0 Å². The van der Waals surface area contributed by atoms with Crippen molar-refractivity contribution in [2.24, 2.45) is 9.98 Å². The van der Waals surface area contributed by atoms with E-state index in [4.69, 9.17) is 14.7 Å². The summed E-state index contributed by atoms with van der Waals surface area (Å²) in [6.07, 6.45) is 1.81. The Morgan fingerprint density at radius 2 is 1.43 bits per heavy atom. The van der Waals surface area contributed by atoms with E-state index in [-0.39, 0.29) is 6.04 Å². The van der Waals surface area contributed by atoms with Crippen LogP contribution in [0.25, 0.3) is 21.8 Å². The van der Waals surface area contributed by atoms with Gasteiger partial charge in [-0.1, -0.05) is 66.7 Å². The molecule has 6 rings (SSSR count). The minimum Gasteiger partial charge on any atom is -0.498 e. The van der Waals surface area contributed by atoms with Gasteiger partial charge in [0.1, 0.15) is 12.6 Å². The van der Waals surface area contributed by atoms with Crippen LogP contribution in [0, 0.1) is 0 Å². The summed E-state index contributed by atoms with van der Waals surface area (Å²) in [5.41, 5.74) is 5.30. The first-order valence-corrected chi connectivity index (χ1v) is 9.43. The molecule has 1 atom stereocenters. The van der Waals surface area contributed by atoms with Crippen LogP contribution in [0.5, 0.6) is 0 Å². The number of aromatic nitrogens is 1. The Morgan fingerprint density at radius 3 is 2.14 bits per heavy atom. The van der Waals surface area contributed by atoms with Gasteiger partial charge in [-0.2, -0.15) is 0 Å². The minimum atomic E-state index is -0.0253. The fourth-order valence-electron chi connectivity index (χ4n) is 4.12. The maximum atomic E-state index is 5.62. The first-order chi connectivity index (χ1) is 13.9. The van der Waals surface area contributed by atoms with Gasteiger partial charge < -0.3 is 4.74 Å². The number of fused-ring (bicyclic) bond motifs is 4. The van der Waals surface area contributed by atoms with Crippen molar-refractivity contribution in [3.8, 4) is 0 Å². The van der Waals surface area contributed by atoms with E-state index in [0.717, 1.165) is 27.9 Å². The van der Waals surface area contributed by atoms with Gasteiger partial charge in [0.25, 0.3) is 0 Å². The summed E-state index contributed by atoms with van der Waals surface area (Å²) in [7, 11) is 0. The second-order valence-corrected chi connectivity index (χ2v) is 7.05. The number of benzene rings is 3. The molecule has 1 unspecified atom stereocenters. The molecule has 0 spiro atoms. The number of ether oxygens (including phenoxy) is 1. The van der Waals surface area contributed by atoms with Crippen molar-refractivity contribution in [3.63, 3.8) is 0 Å². The Morgan fingerprint density at radius 1 is 0.786 bits per heavy atom. The first-order valence-electron chi connectivity index (χ1n) is 9.43. The van der Waals surface area contributed by atoms with Crippen LogP contribution in [0.15, 0.2) is 101 Å². The zero-order valence-corrected chi connectivity index (χ0v) is 15.1. The fourth-order valence-corrected chi connectivity index (χ4v) is 4.12. The van der Waals surface area contributed by atoms with Crippen LogP contribution in [-0.2, 0) is 4.74 Å². The van der Waals surface area contributed by atoms with Crippen LogP contribution < -0.4 is 0 Å². The SMILES string of the molecule is C1=C2C(c3ccccc3)=NC(n3c4ccccc4c4ccccc43)=NC2CO1. The molecule has 0 amide bonds. The summed E-state index contributed by atoms with van der Waals surface area (Å²) in [5.74, 6) is 0.712. The fraction of sp³-hybridized carbons (Fsp3) is 0.0833. The summed E-state index contributed by atoms with van der Waals surface area (Å²) in [5, 5.41) is 2.42. The molecule has 0 radical (unpaired) electrons. The lowest BCUT2D eigenvalue weighted by molar-refractivity contribution is 0.270. The van der Waals surface area contributed by atoms with E-state index >= 15 is 0 Å². The Kier molecular flexibility index (Phi) is 3.26. The maximum Gasteiger partial charge on any atom is 0.231 e. The minimum absolute atomic E-state index is 0.0253. The zero-order valence-electron chi connectivity index (χ0n) is 15.1. The molecule has 3 aromatic carbocycles. The van der Waals surface area contributed by atoms with Crippen molar-refractivity contribution in [1.29, 1.82) is 0 Å². The normalized spacial score (nSPS) is 18.4. The topological polar surface area (TPSA) is 38.9 Å². The smallest absolute Gasteiger partial charge is 0.231 e. The van der Waals surface area contributed by atoms with E-state index in [0.29, 0.717) is 12.6 Å². The van der Waals surface area contributed by atoms with Crippen molar-refractivity contribution in [1.82, 2.24) is 4.57 Å². The van der Waals surface area contributed by atoms with Crippen LogP contribution in [0.3, 0.4) is 0 Å². The Labute approximate surface area is 162 Å². The second kappa shape index (κ2) is 5.92. The van der Waals surface area contributed by atoms with E-state index in [2.05, 4.69) is 65.2 Å². The molecule has 0 bridgehead atoms. The van der Waals surface area contributed by atoms with E-state index in [1.807, 2.05) is 24.5 Å². The maximum absolute atomic E-state index is 5.62. The highest BCUT2D eigenvalue weighted by Gasteiger charge is 2.31. The average molecular weight is 363 g/mol. The third-order valence-corrected chi connectivity index (χ3v) is 5.41. The van der Waals surface area contributed by atoms with Gasteiger partial charge in [-0.25, -0.2) is 9.98 Å². The Hall–Kier alpha value is -3.66. The van der Waals surface area contributed by atoms with Gasteiger partial charge in [-0.15, -0.1) is 0 Å². The van der Waals surface area contributed by atoms with Gasteiger partial charge in [0.15, 0.2) is 0 Å². The molecule has 4 heteroatoms. The van der Waals surface area contributed by atoms with Crippen molar-refractivity contribution in [3.05, 3.63) is 96.3 Å². The molecular formula is C24H17N3O. The lowest BCUT2D eigenvalue weighted by Gasteiger charge is -2.19. The summed E-state index contributed by atoms with van der Waals surface area (Å²) in [6, 6.07) is 27.1. The van der Waals surface area contributed by atoms with E-state index in [1.165, 1.54) is 10.8 Å². The monoisotopic (exact) mass is 363 g/mol. The molecule has 0 fully saturated rings. The molecule has 4 nitrogen and oxygen atoms in total. The van der Waals surface area contributed by atoms with E-state index < -0.39 is 0 Å². The molecule has 2 aliphatic heterocycles. The second-order valence-electron chi connectivity index (χ2n) is 7.05. The summed E-state index contributed by atoms with van der Waals surface area (Å²) < 4.78 is 7.79. The van der Waals surface area contributed by atoms with Crippen LogP contribution in [-0.4, -0.2) is 28.9 Å². The predicted octanol–water partition coefficient (Wildman–Crippen LogP) is 4.78. The Balaban J connectivity index is 1.65. The van der Waals surface area contributed by atoms with Crippen molar-refractivity contribution in [2.75, 3.05) is 6.61 Å². The number of hydrogen-bond acceptors (Lipinski definition) is 3. The van der Waals surface area contributed by atoms with Crippen molar-refractivity contribution < 1.29 is 4.74 Å². The molecule has 28 heavy (non-hydrogen) atoms. The van der Waals surface area contributed by atoms with Gasteiger partial charge in [0.2, 0.25) is 5.96 Å². The molecule has 2 aliphatic rings. The lowest BCUT2D eigenvalue weighted by atomic mass is 9.98. The molecule has 0 saturated heterocycles. The van der Waals surface area contributed by atoms with Crippen LogP contribution in [0.2, 0.25) is 0 Å². The van der Waals surface area contributed by atoms with Crippen molar-refractivity contribution in [2.45, 2.75) is 6.04 Å². The molecule has 0 N–H and O–H groups in total.